The normalized spacial score (nSPS) is 13.6. The average molecular weight is 441 g/mol. The molecule has 1 aliphatic carbocycles. The third-order valence-electron chi connectivity index (χ3n) is 5.29. The van der Waals surface area contributed by atoms with Crippen molar-refractivity contribution >= 4 is 34.4 Å². The Labute approximate surface area is 182 Å². The van der Waals surface area contributed by atoms with Gasteiger partial charge < -0.3 is 24.4 Å². The molecule has 31 heavy (non-hydrogen) atoms. The van der Waals surface area contributed by atoms with E-state index < -0.39 is 24.5 Å². The number of rotatable bonds is 7. The third-order valence-corrected chi connectivity index (χ3v) is 5.54. The number of benzene rings is 2. The molecule has 3 aromatic rings. The molecule has 0 spiro atoms. The van der Waals surface area contributed by atoms with Gasteiger partial charge in [-0.2, -0.15) is 0 Å². The highest BCUT2D eigenvalue weighted by atomic mass is 35.5. The monoisotopic (exact) mass is 440 g/mol. The number of carboxylic acid groups (broad SMARTS) is 1. The Morgan fingerprint density at radius 2 is 1.87 bits per heavy atom. The summed E-state index contributed by atoms with van der Waals surface area (Å²) < 4.78 is 10.9. The second-order valence-electron chi connectivity index (χ2n) is 7.42. The van der Waals surface area contributed by atoms with Crippen LogP contribution in [-0.2, 0) is 28.9 Å². The Morgan fingerprint density at radius 3 is 2.61 bits per heavy atom. The number of halogens is 1. The molecule has 0 bridgehead atoms. The van der Waals surface area contributed by atoms with Gasteiger partial charge >= 0.3 is 5.63 Å². The number of carbonyl (C=O) groups is 2. The molecule has 2 aromatic carbocycles. The summed E-state index contributed by atoms with van der Waals surface area (Å²) in [6.07, 6.45) is 2.53. The molecule has 1 heterocycles. The number of amides is 1. The van der Waals surface area contributed by atoms with Crippen molar-refractivity contribution in [3.63, 3.8) is 0 Å². The topological polar surface area (TPSA) is 109 Å². The highest BCUT2D eigenvalue weighted by Crippen LogP contribution is 2.29. The van der Waals surface area contributed by atoms with Gasteiger partial charge in [-0.15, -0.1) is 0 Å². The molecule has 0 unspecified atom stereocenters. The first-order valence-electron chi connectivity index (χ1n) is 9.87. The van der Waals surface area contributed by atoms with Crippen LogP contribution in [0.2, 0.25) is 5.02 Å². The fourth-order valence-corrected chi connectivity index (χ4v) is 3.91. The second kappa shape index (κ2) is 8.81. The first-order chi connectivity index (χ1) is 14.9. The van der Waals surface area contributed by atoms with E-state index in [1.54, 1.807) is 42.5 Å². The lowest BCUT2D eigenvalue weighted by atomic mass is 10.1. The van der Waals surface area contributed by atoms with Crippen molar-refractivity contribution in [2.45, 2.75) is 31.7 Å². The molecule has 7 nitrogen and oxygen atoms in total. The van der Waals surface area contributed by atoms with Gasteiger partial charge in [-0.05, 0) is 61.1 Å². The minimum absolute atomic E-state index is 0.0531. The molecule has 0 aliphatic heterocycles. The van der Waals surface area contributed by atoms with Crippen LogP contribution >= 0.6 is 11.6 Å². The van der Waals surface area contributed by atoms with Crippen LogP contribution in [0.5, 0.6) is 5.75 Å². The summed E-state index contributed by atoms with van der Waals surface area (Å²) in [6.45, 7) is -0.398. The summed E-state index contributed by atoms with van der Waals surface area (Å²) in [7, 11) is 0. The lowest BCUT2D eigenvalue weighted by molar-refractivity contribution is -0.308. The van der Waals surface area contributed by atoms with Crippen LogP contribution in [0.1, 0.15) is 23.1 Å². The van der Waals surface area contributed by atoms with Crippen LogP contribution in [0.25, 0.3) is 11.0 Å². The van der Waals surface area contributed by atoms with Crippen molar-refractivity contribution in [1.29, 1.82) is 0 Å². The van der Waals surface area contributed by atoms with Crippen molar-refractivity contribution < 1.29 is 23.8 Å². The molecule has 0 saturated heterocycles. The van der Waals surface area contributed by atoms with E-state index >= 15 is 0 Å². The van der Waals surface area contributed by atoms with E-state index in [1.807, 2.05) is 0 Å². The van der Waals surface area contributed by atoms with E-state index in [-0.39, 0.29) is 12.0 Å². The van der Waals surface area contributed by atoms with Gasteiger partial charge in [0.05, 0.1) is 12.0 Å². The molecule has 1 atom stereocenters. The molecule has 8 heteroatoms. The van der Waals surface area contributed by atoms with E-state index in [2.05, 4.69) is 5.32 Å². The number of ether oxygens (including phenoxy) is 1. The van der Waals surface area contributed by atoms with Crippen molar-refractivity contribution in [1.82, 2.24) is 5.32 Å². The fraction of sp³-hybridized carbons (Fsp3) is 0.261. The molecule has 1 aliphatic rings. The zero-order valence-corrected chi connectivity index (χ0v) is 17.2. The van der Waals surface area contributed by atoms with E-state index in [9.17, 15) is 19.5 Å². The Bertz CT molecular complexity index is 1200. The zero-order chi connectivity index (χ0) is 22.0. The summed E-state index contributed by atoms with van der Waals surface area (Å²) in [6, 6.07) is 10.5. The van der Waals surface area contributed by atoms with Crippen LogP contribution in [0.3, 0.4) is 0 Å². The minimum Gasteiger partial charge on any atom is -0.548 e. The van der Waals surface area contributed by atoms with Gasteiger partial charge in [0.25, 0.3) is 5.91 Å². The van der Waals surface area contributed by atoms with Crippen LogP contribution in [-0.4, -0.2) is 24.5 Å². The minimum atomic E-state index is -1.40. The van der Waals surface area contributed by atoms with E-state index in [1.165, 1.54) is 0 Å². The van der Waals surface area contributed by atoms with Crippen LogP contribution in [0.4, 0.5) is 0 Å². The van der Waals surface area contributed by atoms with Gasteiger partial charge in [0.2, 0.25) is 0 Å². The van der Waals surface area contributed by atoms with Crippen LogP contribution < -0.4 is 20.8 Å². The van der Waals surface area contributed by atoms with E-state index in [0.717, 1.165) is 35.8 Å². The molecular formula is C23H19ClNO6-. The first kappa shape index (κ1) is 20.9. The summed E-state index contributed by atoms with van der Waals surface area (Å²) in [5.74, 6) is -1.67. The molecule has 1 aromatic heterocycles. The molecule has 4 rings (SSSR count). The molecule has 1 amide bonds. The fourth-order valence-electron chi connectivity index (χ4n) is 3.79. The van der Waals surface area contributed by atoms with Crippen LogP contribution in [0.15, 0.2) is 51.7 Å². The average Bonchev–Trinajstić information content (AvgIpc) is 3.24. The number of fused-ring (bicyclic) bond motifs is 3. The van der Waals surface area contributed by atoms with Crippen molar-refractivity contribution in [3.8, 4) is 5.75 Å². The Hall–Kier alpha value is -3.32. The summed E-state index contributed by atoms with van der Waals surface area (Å²) >= 11 is 5.83. The quantitative estimate of drug-likeness (QED) is 0.561. The number of carboxylic acids is 1. The highest BCUT2D eigenvalue weighted by molar-refractivity contribution is 6.30. The number of nitrogens with one attached hydrogen (secondary N) is 1. The lowest BCUT2D eigenvalue weighted by Gasteiger charge is -2.20. The number of aryl methyl sites for hydroxylation is 1. The largest absolute Gasteiger partial charge is 0.548 e. The molecule has 0 radical (unpaired) electrons. The predicted molar refractivity (Wildman–Crippen MR) is 112 cm³/mol. The lowest BCUT2D eigenvalue weighted by Crippen LogP contribution is -2.50. The third kappa shape index (κ3) is 4.72. The standard InChI is InChI=1S/C23H20ClNO6/c24-14-6-4-13(5-7-14)10-19(22(27)28)25-21(26)12-30-15-8-9-17-16-2-1-3-18(16)23(29)31-20(17)11-15/h4-9,11,19H,1-3,10,12H2,(H,25,26)(H,27,28)/p-1/t19-/m0/s1. The van der Waals surface area contributed by atoms with E-state index in [0.29, 0.717) is 21.9 Å². The van der Waals surface area contributed by atoms with Gasteiger partial charge in [-0.3, -0.25) is 4.79 Å². The number of hydrogen-bond donors (Lipinski definition) is 1. The Balaban J connectivity index is 1.41. The van der Waals surface area contributed by atoms with Crippen LogP contribution in [0, 0.1) is 0 Å². The Kier molecular flexibility index (Phi) is 5.95. The van der Waals surface area contributed by atoms with Gasteiger partial charge in [-0.25, -0.2) is 4.79 Å². The number of aliphatic carboxylic acids is 1. The van der Waals surface area contributed by atoms with Gasteiger partial charge in [-0.1, -0.05) is 23.7 Å². The van der Waals surface area contributed by atoms with Crippen molar-refractivity contribution in [3.05, 3.63) is 74.6 Å². The number of carbonyl (C=O) groups excluding carboxylic acids is 2. The summed E-state index contributed by atoms with van der Waals surface area (Å²) in [4.78, 5) is 35.8. The second-order valence-corrected chi connectivity index (χ2v) is 7.85. The zero-order valence-electron chi connectivity index (χ0n) is 16.5. The summed E-state index contributed by atoms with van der Waals surface area (Å²) in [5, 5.41) is 15.2. The molecular weight excluding hydrogens is 422 g/mol. The molecule has 0 saturated carbocycles. The molecule has 160 valence electrons. The summed E-state index contributed by atoms with van der Waals surface area (Å²) in [5.41, 5.74) is 2.49. The van der Waals surface area contributed by atoms with Crippen molar-refractivity contribution in [2.24, 2.45) is 0 Å². The first-order valence-corrected chi connectivity index (χ1v) is 10.2. The smallest absolute Gasteiger partial charge is 0.339 e. The van der Waals surface area contributed by atoms with Gasteiger partial charge in [0.15, 0.2) is 6.61 Å². The Morgan fingerprint density at radius 1 is 1.13 bits per heavy atom. The van der Waals surface area contributed by atoms with Crippen molar-refractivity contribution in [2.75, 3.05) is 6.61 Å². The maximum Gasteiger partial charge on any atom is 0.339 e. The molecule has 0 fully saturated rings. The van der Waals surface area contributed by atoms with E-state index in [4.69, 9.17) is 20.8 Å². The number of hydrogen-bond acceptors (Lipinski definition) is 6. The maximum absolute atomic E-state index is 12.2. The SMILES string of the molecule is O=C(COc1ccc2c3c(c(=O)oc2c1)CCC3)N[C@@H](Cc1ccc(Cl)cc1)C(=O)[O-]. The van der Waals surface area contributed by atoms with Gasteiger partial charge in [0, 0.05) is 22.0 Å². The maximum atomic E-state index is 12.2. The van der Waals surface area contributed by atoms with Gasteiger partial charge in [0.1, 0.15) is 11.3 Å². The molecule has 1 N–H and O–H groups in total. The highest BCUT2D eigenvalue weighted by Gasteiger charge is 2.20. The predicted octanol–water partition coefficient (Wildman–Crippen LogP) is 1.79.